The molecule has 0 amide bonds. The lowest BCUT2D eigenvalue weighted by molar-refractivity contribution is 0.0593. The maximum absolute atomic E-state index is 8.47. The lowest BCUT2D eigenvalue weighted by Crippen LogP contribution is -2.29. The Bertz CT molecular complexity index is 108. The van der Waals surface area contributed by atoms with E-state index in [4.69, 9.17) is 9.84 Å². The Kier molecular flexibility index (Phi) is 3.83. The molecule has 1 unspecified atom stereocenters. The average molecular weight is 159 g/mol. The Morgan fingerprint density at radius 1 is 1.64 bits per heavy atom. The van der Waals surface area contributed by atoms with E-state index in [1.54, 1.807) is 0 Å². The van der Waals surface area contributed by atoms with Crippen molar-refractivity contribution in [2.24, 2.45) is 0 Å². The predicted molar refractivity (Wildman–Crippen MR) is 43.6 cm³/mol. The molecule has 1 aliphatic heterocycles. The third-order valence-electron chi connectivity index (χ3n) is 2.22. The highest BCUT2D eigenvalue weighted by atomic mass is 16.5. The summed E-state index contributed by atoms with van der Waals surface area (Å²) in [5, 5.41) is 8.47. The third-order valence-corrected chi connectivity index (χ3v) is 2.22. The number of hydrogen-bond donors (Lipinski definition) is 1. The minimum absolute atomic E-state index is 0.135. The zero-order valence-corrected chi connectivity index (χ0v) is 7.12. The molecule has 0 radical (unpaired) electrons. The van der Waals surface area contributed by atoms with Gasteiger partial charge in [0.2, 0.25) is 0 Å². The van der Waals surface area contributed by atoms with Gasteiger partial charge in [-0.05, 0) is 26.4 Å². The van der Waals surface area contributed by atoms with Gasteiger partial charge in [-0.25, -0.2) is 0 Å². The van der Waals surface area contributed by atoms with Crippen LogP contribution in [-0.2, 0) is 4.74 Å². The van der Waals surface area contributed by atoms with Gasteiger partial charge >= 0.3 is 0 Å². The number of nitrogens with zero attached hydrogens (tertiary/aromatic N) is 1. The highest BCUT2D eigenvalue weighted by molar-refractivity contribution is 4.75. The van der Waals surface area contributed by atoms with E-state index in [-0.39, 0.29) is 6.61 Å². The molecular weight excluding hydrogens is 142 g/mol. The van der Waals surface area contributed by atoms with Crippen LogP contribution in [0, 0.1) is 0 Å². The van der Waals surface area contributed by atoms with Gasteiger partial charge in [0.25, 0.3) is 0 Å². The molecule has 0 spiro atoms. The maximum atomic E-state index is 8.47. The summed E-state index contributed by atoms with van der Waals surface area (Å²) in [6, 6.07) is 0.585. The van der Waals surface area contributed by atoms with Gasteiger partial charge in [-0.2, -0.15) is 0 Å². The van der Waals surface area contributed by atoms with Crippen LogP contribution in [0.25, 0.3) is 0 Å². The molecule has 3 heteroatoms. The third kappa shape index (κ3) is 2.77. The van der Waals surface area contributed by atoms with Crippen LogP contribution >= 0.6 is 0 Å². The smallest absolute Gasteiger partial charge is 0.0698 e. The van der Waals surface area contributed by atoms with E-state index in [1.165, 1.54) is 19.4 Å². The Balaban J connectivity index is 2.05. The van der Waals surface area contributed by atoms with Crippen LogP contribution in [0.4, 0.5) is 0 Å². The lowest BCUT2D eigenvalue weighted by atomic mass is 10.2. The first kappa shape index (κ1) is 8.97. The normalized spacial score (nSPS) is 26.2. The molecular formula is C8H17NO2. The number of ether oxygens (including phenoxy) is 1. The molecule has 1 fully saturated rings. The Hall–Kier alpha value is -0.120. The second-order valence-corrected chi connectivity index (χ2v) is 3.08. The monoisotopic (exact) mass is 159 g/mol. The Morgan fingerprint density at radius 2 is 2.45 bits per heavy atom. The average Bonchev–Trinajstić information content (AvgIpc) is 2.37. The first-order valence-electron chi connectivity index (χ1n) is 4.23. The molecule has 1 N–H and O–H groups in total. The van der Waals surface area contributed by atoms with Gasteiger partial charge in [0, 0.05) is 6.04 Å². The molecule has 0 saturated carbocycles. The summed E-state index contributed by atoms with van der Waals surface area (Å²) in [7, 11) is 2.12. The zero-order chi connectivity index (χ0) is 8.10. The number of likely N-dealkylation sites (tertiary alicyclic amines) is 1. The van der Waals surface area contributed by atoms with Gasteiger partial charge in [-0.1, -0.05) is 0 Å². The summed E-state index contributed by atoms with van der Waals surface area (Å²) >= 11 is 0. The molecule has 0 aromatic carbocycles. The van der Waals surface area contributed by atoms with Crippen molar-refractivity contribution >= 4 is 0 Å². The molecule has 0 bridgehead atoms. The van der Waals surface area contributed by atoms with Gasteiger partial charge in [-0.3, -0.25) is 0 Å². The van der Waals surface area contributed by atoms with Crippen LogP contribution < -0.4 is 0 Å². The SMILES string of the molecule is CN1CCCC1COCCO. The van der Waals surface area contributed by atoms with Crippen LogP contribution in [0.3, 0.4) is 0 Å². The maximum Gasteiger partial charge on any atom is 0.0698 e. The van der Waals surface area contributed by atoms with E-state index in [2.05, 4.69) is 11.9 Å². The van der Waals surface area contributed by atoms with Crippen LogP contribution in [0.1, 0.15) is 12.8 Å². The first-order chi connectivity index (χ1) is 5.34. The van der Waals surface area contributed by atoms with E-state index < -0.39 is 0 Å². The molecule has 0 aromatic rings. The summed E-state index contributed by atoms with van der Waals surface area (Å²) in [6.07, 6.45) is 2.52. The molecule has 0 aromatic heterocycles. The fraction of sp³-hybridized carbons (Fsp3) is 1.00. The second kappa shape index (κ2) is 4.70. The van der Waals surface area contributed by atoms with E-state index in [9.17, 15) is 0 Å². The van der Waals surface area contributed by atoms with Crippen molar-refractivity contribution in [2.75, 3.05) is 33.4 Å². The fourth-order valence-electron chi connectivity index (χ4n) is 1.47. The first-order valence-corrected chi connectivity index (χ1v) is 4.23. The summed E-state index contributed by atoms with van der Waals surface area (Å²) in [5.74, 6) is 0. The molecule has 3 nitrogen and oxygen atoms in total. The standard InChI is InChI=1S/C8H17NO2/c1-9-4-2-3-8(9)7-11-6-5-10/h8,10H,2-7H2,1H3. The largest absolute Gasteiger partial charge is 0.394 e. The number of aliphatic hydroxyl groups excluding tert-OH is 1. The van der Waals surface area contributed by atoms with E-state index in [1.807, 2.05) is 0 Å². The Morgan fingerprint density at radius 3 is 3.00 bits per heavy atom. The van der Waals surface area contributed by atoms with Gasteiger partial charge in [0.15, 0.2) is 0 Å². The molecule has 66 valence electrons. The van der Waals surface area contributed by atoms with E-state index in [0.29, 0.717) is 12.6 Å². The fourth-order valence-corrected chi connectivity index (χ4v) is 1.47. The summed E-state index contributed by atoms with van der Waals surface area (Å²) in [5.41, 5.74) is 0. The topological polar surface area (TPSA) is 32.7 Å². The summed E-state index contributed by atoms with van der Waals surface area (Å²) in [6.45, 7) is 2.57. The van der Waals surface area contributed by atoms with Crippen molar-refractivity contribution in [3.63, 3.8) is 0 Å². The van der Waals surface area contributed by atoms with Crippen molar-refractivity contribution in [1.82, 2.24) is 4.90 Å². The molecule has 1 saturated heterocycles. The molecule has 11 heavy (non-hydrogen) atoms. The van der Waals surface area contributed by atoms with Crippen LogP contribution in [0.15, 0.2) is 0 Å². The highest BCUT2D eigenvalue weighted by Gasteiger charge is 2.20. The van der Waals surface area contributed by atoms with Crippen LogP contribution in [0.5, 0.6) is 0 Å². The minimum atomic E-state index is 0.135. The minimum Gasteiger partial charge on any atom is -0.394 e. The van der Waals surface area contributed by atoms with Crippen LogP contribution in [-0.4, -0.2) is 49.5 Å². The van der Waals surface area contributed by atoms with Gasteiger partial charge in [0.05, 0.1) is 19.8 Å². The van der Waals surface area contributed by atoms with Crippen LogP contribution in [0.2, 0.25) is 0 Å². The highest BCUT2D eigenvalue weighted by Crippen LogP contribution is 2.14. The second-order valence-electron chi connectivity index (χ2n) is 3.08. The zero-order valence-electron chi connectivity index (χ0n) is 7.12. The Labute approximate surface area is 68.0 Å². The predicted octanol–water partition coefficient (Wildman–Crippen LogP) is 0.0895. The van der Waals surface area contributed by atoms with E-state index in [0.717, 1.165) is 6.61 Å². The van der Waals surface area contributed by atoms with Gasteiger partial charge in [-0.15, -0.1) is 0 Å². The summed E-state index contributed by atoms with van der Waals surface area (Å²) < 4.78 is 5.25. The number of rotatable bonds is 4. The molecule has 1 aliphatic rings. The van der Waals surface area contributed by atoms with Gasteiger partial charge < -0.3 is 14.7 Å². The molecule has 0 aliphatic carbocycles. The van der Waals surface area contributed by atoms with Crippen molar-refractivity contribution < 1.29 is 9.84 Å². The number of likely N-dealkylation sites (N-methyl/N-ethyl adjacent to an activating group) is 1. The van der Waals surface area contributed by atoms with Gasteiger partial charge in [0.1, 0.15) is 0 Å². The lowest BCUT2D eigenvalue weighted by Gasteiger charge is -2.18. The summed E-state index contributed by atoms with van der Waals surface area (Å²) in [4.78, 5) is 2.32. The van der Waals surface area contributed by atoms with Crippen molar-refractivity contribution in [2.45, 2.75) is 18.9 Å². The number of aliphatic hydroxyl groups is 1. The molecule has 1 atom stereocenters. The quantitative estimate of drug-likeness (QED) is 0.590. The van der Waals surface area contributed by atoms with Crippen molar-refractivity contribution in [3.05, 3.63) is 0 Å². The molecule has 1 rings (SSSR count). The van der Waals surface area contributed by atoms with Crippen molar-refractivity contribution in [3.8, 4) is 0 Å². The van der Waals surface area contributed by atoms with E-state index >= 15 is 0 Å². The molecule has 1 heterocycles. The number of hydrogen-bond acceptors (Lipinski definition) is 3. The van der Waals surface area contributed by atoms with Crippen molar-refractivity contribution in [1.29, 1.82) is 0 Å².